The second-order valence-electron chi connectivity index (χ2n) is 4.77. The van der Waals surface area contributed by atoms with Crippen molar-refractivity contribution in [1.29, 1.82) is 0 Å². The first kappa shape index (κ1) is 11.9. The van der Waals surface area contributed by atoms with E-state index < -0.39 is 0 Å². The van der Waals surface area contributed by atoms with Gasteiger partial charge in [0.2, 0.25) is 0 Å². The molecule has 0 unspecified atom stereocenters. The van der Waals surface area contributed by atoms with Gasteiger partial charge in [-0.15, -0.1) is 0 Å². The molecule has 0 atom stereocenters. The third kappa shape index (κ3) is 2.25. The number of nitrogens with zero attached hydrogens (tertiary/aromatic N) is 2. The van der Waals surface area contributed by atoms with E-state index in [-0.39, 0.29) is 6.61 Å². The summed E-state index contributed by atoms with van der Waals surface area (Å²) in [7, 11) is 0. The molecule has 3 rings (SSSR count). The standard InChI is InChI=1S/C16H16N2O/c1-12-6-8-13(9-7-12)10-18-16-5-3-2-4-14(16)15(11-19)17-18/h2-9,19H,10-11H2,1H3. The summed E-state index contributed by atoms with van der Waals surface area (Å²) >= 11 is 0. The average Bonchev–Trinajstić information content (AvgIpc) is 2.80. The van der Waals surface area contributed by atoms with E-state index in [0.717, 1.165) is 23.1 Å². The molecular weight excluding hydrogens is 236 g/mol. The highest BCUT2D eigenvalue weighted by Gasteiger charge is 2.09. The normalized spacial score (nSPS) is 11.1. The molecule has 0 aliphatic carbocycles. The molecule has 0 saturated carbocycles. The van der Waals surface area contributed by atoms with Crippen LogP contribution in [-0.2, 0) is 13.2 Å². The minimum Gasteiger partial charge on any atom is -0.390 e. The SMILES string of the molecule is Cc1ccc(Cn2nc(CO)c3ccccc32)cc1. The maximum atomic E-state index is 9.38. The molecule has 3 nitrogen and oxygen atoms in total. The van der Waals surface area contributed by atoms with Crippen LogP contribution < -0.4 is 0 Å². The monoisotopic (exact) mass is 252 g/mol. The van der Waals surface area contributed by atoms with E-state index in [2.05, 4.69) is 36.3 Å². The number of aliphatic hydroxyl groups excluding tert-OH is 1. The minimum atomic E-state index is -0.0264. The molecule has 0 saturated heterocycles. The molecule has 0 aliphatic heterocycles. The summed E-state index contributed by atoms with van der Waals surface area (Å²) in [5, 5.41) is 14.9. The van der Waals surface area contributed by atoms with Gasteiger partial charge >= 0.3 is 0 Å². The number of aromatic nitrogens is 2. The van der Waals surface area contributed by atoms with Gasteiger partial charge in [-0.3, -0.25) is 4.68 Å². The quantitative estimate of drug-likeness (QED) is 0.778. The fourth-order valence-electron chi connectivity index (χ4n) is 2.30. The molecule has 0 radical (unpaired) electrons. The minimum absolute atomic E-state index is 0.0264. The van der Waals surface area contributed by atoms with E-state index in [1.54, 1.807) is 0 Å². The van der Waals surface area contributed by atoms with E-state index in [4.69, 9.17) is 0 Å². The van der Waals surface area contributed by atoms with Gasteiger partial charge in [-0.2, -0.15) is 5.10 Å². The number of fused-ring (bicyclic) bond motifs is 1. The van der Waals surface area contributed by atoms with Crippen LogP contribution in [0.2, 0.25) is 0 Å². The highest BCUT2D eigenvalue weighted by molar-refractivity contribution is 5.81. The van der Waals surface area contributed by atoms with Crippen molar-refractivity contribution in [2.24, 2.45) is 0 Å². The zero-order chi connectivity index (χ0) is 13.2. The van der Waals surface area contributed by atoms with Gasteiger partial charge in [-0.1, -0.05) is 48.0 Å². The summed E-state index contributed by atoms with van der Waals surface area (Å²) in [5.74, 6) is 0. The van der Waals surface area contributed by atoms with Crippen molar-refractivity contribution in [3.8, 4) is 0 Å². The molecule has 2 aromatic carbocycles. The number of benzene rings is 2. The lowest BCUT2D eigenvalue weighted by molar-refractivity contribution is 0.276. The summed E-state index contributed by atoms with van der Waals surface area (Å²) in [5.41, 5.74) is 4.27. The van der Waals surface area contributed by atoms with Crippen LogP contribution in [0.15, 0.2) is 48.5 Å². The van der Waals surface area contributed by atoms with Crippen LogP contribution in [0, 0.1) is 6.92 Å². The molecule has 1 aromatic heterocycles. The van der Waals surface area contributed by atoms with Gasteiger partial charge in [0.15, 0.2) is 0 Å². The van der Waals surface area contributed by atoms with Crippen molar-refractivity contribution in [3.63, 3.8) is 0 Å². The molecule has 0 spiro atoms. The van der Waals surface area contributed by atoms with Gasteiger partial charge in [-0.05, 0) is 18.6 Å². The van der Waals surface area contributed by atoms with Crippen molar-refractivity contribution in [2.75, 3.05) is 0 Å². The number of rotatable bonds is 3. The second kappa shape index (κ2) is 4.86. The number of aliphatic hydroxyl groups is 1. The molecule has 0 aliphatic rings. The van der Waals surface area contributed by atoms with Crippen LogP contribution in [0.4, 0.5) is 0 Å². The number of hydrogen-bond donors (Lipinski definition) is 1. The first-order chi connectivity index (χ1) is 9.28. The van der Waals surface area contributed by atoms with Crippen molar-refractivity contribution >= 4 is 10.9 Å². The molecule has 0 bridgehead atoms. The zero-order valence-electron chi connectivity index (χ0n) is 10.9. The molecule has 0 amide bonds. The van der Waals surface area contributed by atoms with Gasteiger partial charge in [0.05, 0.1) is 24.4 Å². The molecule has 1 heterocycles. The Balaban J connectivity index is 2.03. The van der Waals surface area contributed by atoms with Crippen LogP contribution in [-0.4, -0.2) is 14.9 Å². The lowest BCUT2D eigenvalue weighted by Crippen LogP contribution is -2.02. The average molecular weight is 252 g/mol. The van der Waals surface area contributed by atoms with Crippen LogP contribution >= 0.6 is 0 Å². The summed E-state index contributed by atoms with van der Waals surface area (Å²) < 4.78 is 1.95. The third-order valence-electron chi connectivity index (χ3n) is 3.34. The smallest absolute Gasteiger partial charge is 0.0957 e. The predicted octanol–water partition coefficient (Wildman–Crippen LogP) is 2.89. The molecular formula is C16H16N2O. The van der Waals surface area contributed by atoms with Crippen LogP contribution in [0.25, 0.3) is 10.9 Å². The fourth-order valence-corrected chi connectivity index (χ4v) is 2.30. The second-order valence-corrected chi connectivity index (χ2v) is 4.77. The Morgan fingerprint density at radius 2 is 1.79 bits per heavy atom. The molecule has 3 heteroatoms. The summed E-state index contributed by atoms with van der Waals surface area (Å²) in [6.45, 7) is 2.78. The summed E-state index contributed by atoms with van der Waals surface area (Å²) in [6.07, 6.45) is 0. The Bertz CT molecular complexity index is 698. The van der Waals surface area contributed by atoms with E-state index in [9.17, 15) is 5.11 Å². The van der Waals surface area contributed by atoms with Gasteiger partial charge in [0.25, 0.3) is 0 Å². The van der Waals surface area contributed by atoms with Gasteiger partial charge in [0.1, 0.15) is 0 Å². The molecule has 96 valence electrons. The van der Waals surface area contributed by atoms with E-state index in [1.807, 2.05) is 28.9 Å². The number of aryl methyl sites for hydroxylation is 1. The predicted molar refractivity (Wildman–Crippen MR) is 75.9 cm³/mol. The van der Waals surface area contributed by atoms with Crippen LogP contribution in [0.3, 0.4) is 0 Å². The fraction of sp³-hybridized carbons (Fsp3) is 0.188. The van der Waals surface area contributed by atoms with E-state index in [0.29, 0.717) is 0 Å². The Morgan fingerprint density at radius 1 is 1.05 bits per heavy atom. The topological polar surface area (TPSA) is 38.0 Å². The summed E-state index contributed by atoms with van der Waals surface area (Å²) in [6, 6.07) is 16.4. The van der Waals surface area contributed by atoms with Crippen molar-refractivity contribution in [2.45, 2.75) is 20.1 Å². The lowest BCUT2D eigenvalue weighted by Gasteiger charge is -2.04. The van der Waals surface area contributed by atoms with Gasteiger partial charge in [0, 0.05) is 5.39 Å². The van der Waals surface area contributed by atoms with Crippen molar-refractivity contribution < 1.29 is 5.11 Å². The maximum Gasteiger partial charge on any atom is 0.0957 e. The molecule has 19 heavy (non-hydrogen) atoms. The van der Waals surface area contributed by atoms with Crippen molar-refractivity contribution in [3.05, 3.63) is 65.4 Å². The maximum absolute atomic E-state index is 9.38. The van der Waals surface area contributed by atoms with Crippen LogP contribution in [0.1, 0.15) is 16.8 Å². The Kier molecular flexibility index (Phi) is 3.05. The van der Waals surface area contributed by atoms with E-state index in [1.165, 1.54) is 11.1 Å². The Morgan fingerprint density at radius 3 is 2.53 bits per heavy atom. The number of hydrogen-bond acceptors (Lipinski definition) is 2. The summed E-state index contributed by atoms with van der Waals surface area (Å²) in [4.78, 5) is 0. The molecule has 1 N–H and O–H groups in total. The number of para-hydroxylation sites is 1. The zero-order valence-corrected chi connectivity index (χ0v) is 10.9. The highest BCUT2D eigenvalue weighted by Crippen LogP contribution is 2.19. The first-order valence-electron chi connectivity index (χ1n) is 6.39. The van der Waals surface area contributed by atoms with E-state index >= 15 is 0 Å². The Hall–Kier alpha value is -2.13. The first-order valence-corrected chi connectivity index (χ1v) is 6.39. The lowest BCUT2D eigenvalue weighted by atomic mass is 10.1. The molecule has 0 fully saturated rings. The third-order valence-corrected chi connectivity index (χ3v) is 3.34. The van der Waals surface area contributed by atoms with Gasteiger partial charge in [-0.25, -0.2) is 0 Å². The molecule has 3 aromatic rings. The Labute approximate surface area is 112 Å². The van der Waals surface area contributed by atoms with Crippen molar-refractivity contribution in [1.82, 2.24) is 9.78 Å². The van der Waals surface area contributed by atoms with Gasteiger partial charge < -0.3 is 5.11 Å². The largest absolute Gasteiger partial charge is 0.390 e. The highest BCUT2D eigenvalue weighted by atomic mass is 16.3. The van der Waals surface area contributed by atoms with Crippen LogP contribution in [0.5, 0.6) is 0 Å².